The first-order valence-electron chi connectivity index (χ1n) is 7.17. The monoisotopic (exact) mass is 292 g/mol. The van der Waals surface area contributed by atoms with Crippen molar-refractivity contribution in [3.05, 3.63) is 89.7 Å². The van der Waals surface area contributed by atoms with E-state index in [4.69, 9.17) is 4.74 Å². The van der Waals surface area contributed by atoms with Gasteiger partial charge in [-0.2, -0.15) is 0 Å². The number of benzene rings is 2. The number of phenolic OH excluding ortho intramolecular Hbond substituents is 1. The topological polar surface area (TPSA) is 46.5 Å². The summed E-state index contributed by atoms with van der Waals surface area (Å²) in [4.78, 5) is 12.2. The number of hydrogen-bond acceptors (Lipinski definition) is 3. The SMILES string of the molecule is O=C(OC1=CC=CCC1c1ccccc1)c1ccc(O)cc1. The molecule has 110 valence electrons. The minimum Gasteiger partial charge on any atom is -0.508 e. The van der Waals surface area contributed by atoms with E-state index in [-0.39, 0.29) is 11.7 Å². The molecule has 0 aromatic heterocycles. The van der Waals surface area contributed by atoms with Gasteiger partial charge in [-0.3, -0.25) is 0 Å². The summed E-state index contributed by atoms with van der Waals surface area (Å²) in [5, 5.41) is 9.28. The molecule has 3 rings (SSSR count). The number of carbonyl (C=O) groups is 1. The van der Waals surface area contributed by atoms with Crippen molar-refractivity contribution >= 4 is 5.97 Å². The van der Waals surface area contributed by atoms with Gasteiger partial charge in [-0.25, -0.2) is 4.79 Å². The van der Waals surface area contributed by atoms with Crippen LogP contribution in [0.2, 0.25) is 0 Å². The minimum absolute atomic E-state index is 0.0484. The van der Waals surface area contributed by atoms with E-state index in [9.17, 15) is 9.90 Å². The summed E-state index contributed by atoms with van der Waals surface area (Å²) in [5.41, 5.74) is 1.54. The van der Waals surface area contributed by atoms with Crippen molar-refractivity contribution in [3.8, 4) is 5.75 Å². The third-order valence-electron chi connectivity index (χ3n) is 3.63. The second-order valence-corrected chi connectivity index (χ2v) is 5.13. The Morgan fingerprint density at radius 1 is 1.05 bits per heavy atom. The Balaban J connectivity index is 1.80. The summed E-state index contributed by atoms with van der Waals surface area (Å²) in [5.74, 6) is 0.403. The van der Waals surface area contributed by atoms with Crippen LogP contribution in [0.25, 0.3) is 0 Å². The molecule has 0 fully saturated rings. The lowest BCUT2D eigenvalue weighted by molar-refractivity contribution is 0.0604. The highest BCUT2D eigenvalue weighted by molar-refractivity contribution is 5.90. The highest BCUT2D eigenvalue weighted by Crippen LogP contribution is 2.32. The highest BCUT2D eigenvalue weighted by atomic mass is 16.5. The lowest BCUT2D eigenvalue weighted by atomic mass is 9.91. The molecule has 3 heteroatoms. The molecule has 0 saturated heterocycles. The first kappa shape index (κ1) is 14.1. The second-order valence-electron chi connectivity index (χ2n) is 5.13. The van der Waals surface area contributed by atoms with Crippen LogP contribution < -0.4 is 0 Å². The maximum absolute atomic E-state index is 12.2. The molecule has 3 nitrogen and oxygen atoms in total. The summed E-state index contributed by atoms with van der Waals surface area (Å²) >= 11 is 0. The Morgan fingerprint density at radius 3 is 2.50 bits per heavy atom. The summed E-state index contributed by atoms with van der Waals surface area (Å²) in [6.07, 6.45) is 6.60. The number of allylic oxidation sites excluding steroid dienone is 4. The lowest BCUT2D eigenvalue weighted by Gasteiger charge is -2.21. The molecule has 0 spiro atoms. The van der Waals surface area contributed by atoms with Crippen molar-refractivity contribution in [2.24, 2.45) is 0 Å². The van der Waals surface area contributed by atoms with Gasteiger partial charge in [0.1, 0.15) is 11.5 Å². The predicted molar refractivity (Wildman–Crippen MR) is 84.5 cm³/mol. The molecule has 0 radical (unpaired) electrons. The van der Waals surface area contributed by atoms with Crippen LogP contribution in [-0.4, -0.2) is 11.1 Å². The van der Waals surface area contributed by atoms with Gasteiger partial charge >= 0.3 is 5.97 Å². The minimum atomic E-state index is -0.414. The molecular weight excluding hydrogens is 276 g/mol. The first-order chi connectivity index (χ1) is 10.7. The van der Waals surface area contributed by atoms with Crippen molar-refractivity contribution < 1.29 is 14.6 Å². The molecular formula is C19H16O3. The van der Waals surface area contributed by atoms with E-state index in [0.717, 1.165) is 12.0 Å². The fourth-order valence-corrected chi connectivity index (χ4v) is 2.46. The summed E-state index contributed by atoms with van der Waals surface area (Å²) < 4.78 is 5.57. The Labute approximate surface area is 129 Å². The van der Waals surface area contributed by atoms with Crippen LogP contribution in [-0.2, 0) is 4.74 Å². The summed E-state index contributed by atoms with van der Waals surface area (Å²) in [6, 6.07) is 16.0. The van der Waals surface area contributed by atoms with E-state index in [0.29, 0.717) is 11.3 Å². The van der Waals surface area contributed by atoms with Gasteiger partial charge in [0.2, 0.25) is 0 Å². The maximum Gasteiger partial charge on any atom is 0.343 e. The average molecular weight is 292 g/mol. The van der Waals surface area contributed by atoms with Crippen molar-refractivity contribution in [1.29, 1.82) is 0 Å². The van der Waals surface area contributed by atoms with Crippen LogP contribution in [0.5, 0.6) is 5.75 Å². The molecule has 1 aliphatic rings. The molecule has 1 aliphatic carbocycles. The standard InChI is InChI=1S/C19H16O3/c20-16-12-10-15(11-13-16)19(21)22-18-9-5-4-8-17(18)14-6-2-1-3-7-14/h1-7,9-13,17,20H,8H2. The quantitative estimate of drug-likeness (QED) is 0.863. The summed E-state index contributed by atoms with van der Waals surface area (Å²) in [6.45, 7) is 0. The average Bonchev–Trinajstić information content (AvgIpc) is 2.57. The van der Waals surface area contributed by atoms with Gasteiger partial charge in [0.05, 0.1) is 5.56 Å². The number of phenols is 1. The Kier molecular flexibility index (Phi) is 4.05. The molecule has 1 atom stereocenters. The maximum atomic E-state index is 12.2. The number of carbonyl (C=O) groups excluding carboxylic acids is 1. The van der Waals surface area contributed by atoms with Gasteiger partial charge < -0.3 is 9.84 Å². The number of rotatable bonds is 3. The van der Waals surface area contributed by atoms with E-state index >= 15 is 0 Å². The molecule has 0 heterocycles. The van der Waals surface area contributed by atoms with Crippen molar-refractivity contribution in [3.63, 3.8) is 0 Å². The van der Waals surface area contributed by atoms with Gasteiger partial charge in [0.15, 0.2) is 0 Å². The molecule has 0 aliphatic heterocycles. The molecule has 0 amide bonds. The van der Waals surface area contributed by atoms with E-state index in [1.165, 1.54) is 12.1 Å². The van der Waals surface area contributed by atoms with E-state index in [1.54, 1.807) is 12.1 Å². The second kappa shape index (κ2) is 6.31. The third kappa shape index (κ3) is 3.09. The number of esters is 1. The van der Waals surface area contributed by atoms with Crippen LogP contribution in [0.3, 0.4) is 0 Å². The van der Waals surface area contributed by atoms with Crippen LogP contribution >= 0.6 is 0 Å². The number of hydrogen-bond donors (Lipinski definition) is 1. The predicted octanol–water partition coefficient (Wildman–Crippen LogP) is 4.18. The van der Waals surface area contributed by atoms with Crippen LogP contribution in [0, 0.1) is 0 Å². The Hall–Kier alpha value is -2.81. The largest absolute Gasteiger partial charge is 0.508 e. The van der Waals surface area contributed by atoms with Crippen molar-refractivity contribution in [2.75, 3.05) is 0 Å². The van der Waals surface area contributed by atoms with E-state index in [1.807, 2.05) is 42.5 Å². The van der Waals surface area contributed by atoms with Crippen molar-refractivity contribution in [2.45, 2.75) is 12.3 Å². The van der Waals surface area contributed by atoms with Gasteiger partial charge in [-0.1, -0.05) is 42.5 Å². The van der Waals surface area contributed by atoms with Gasteiger partial charge in [0.25, 0.3) is 0 Å². The van der Waals surface area contributed by atoms with Crippen molar-refractivity contribution in [1.82, 2.24) is 0 Å². The zero-order chi connectivity index (χ0) is 15.4. The van der Waals surface area contributed by atoms with Gasteiger partial charge in [-0.05, 0) is 42.3 Å². The fraction of sp³-hybridized carbons (Fsp3) is 0.105. The molecule has 1 N–H and O–H groups in total. The van der Waals surface area contributed by atoms with E-state index < -0.39 is 5.97 Å². The third-order valence-corrected chi connectivity index (χ3v) is 3.63. The Morgan fingerprint density at radius 2 is 1.77 bits per heavy atom. The van der Waals surface area contributed by atoms with Crippen LogP contribution in [0.15, 0.2) is 78.6 Å². The number of ether oxygens (including phenoxy) is 1. The molecule has 2 aromatic carbocycles. The zero-order valence-electron chi connectivity index (χ0n) is 12.0. The highest BCUT2D eigenvalue weighted by Gasteiger charge is 2.21. The van der Waals surface area contributed by atoms with Gasteiger partial charge in [-0.15, -0.1) is 0 Å². The molecule has 22 heavy (non-hydrogen) atoms. The molecule has 2 aromatic rings. The Bertz CT molecular complexity index is 712. The molecule has 0 bridgehead atoms. The fourth-order valence-electron chi connectivity index (χ4n) is 2.46. The molecule has 0 saturated carbocycles. The number of aromatic hydroxyl groups is 1. The normalized spacial score (nSPS) is 16.9. The smallest absolute Gasteiger partial charge is 0.343 e. The van der Waals surface area contributed by atoms with Gasteiger partial charge in [0, 0.05) is 5.92 Å². The van der Waals surface area contributed by atoms with Crippen LogP contribution in [0.4, 0.5) is 0 Å². The first-order valence-corrected chi connectivity index (χ1v) is 7.17. The zero-order valence-corrected chi connectivity index (χ0v) is 12.0. The van der Waals surface area contributed by atoms with Crippen LogP contribution in [0.1, 0.15) is 28.3 Å². The summed E-state index contributed by atoms with van der Waals surface area (Å²) in [7, 11) is 0. The van der Waals surface area contributed by atoms with E-state index in [2.05, 4.69) is 6.08 Å². The molecule has 1 unspecified atom stereocenters. The lowest BCUT2D eigenvalue weighted by Crippen LogP contribution is -2.12.